The Kier molecular flexibility index (Phi) is 4.70. The van der Waals surface area contributed by atoms with Crippen LogP contribution in [0.4, 0.5) is 0 Å². The van der Waals surface area contributed by atoms with Gasteiger partial charge in [-0.05, 0) is 44.6 Å². The van der Waals surface area contributed by atoms with Gasteiger partial charge >= 0.3 is 0 Å². The van der Waals surface area contributed by atoms with E-state index in [9.17, 15) is 8.42 Å². The maximum Gasteiger partial charge on any atom is 0.157 e. The first-order valence-corrected chi connectivity index (χ1v) is 9.12. The molecule has 2 aliphatic carbocycles. The van der Waals surface area contributed by atoms with E-state index in [1.54, 1.807) is 0 Å². The van der Waals surface area contributed by atoms with E-state index in [1.165, 1.54) is 0 Å². The summed E-state index contributed by atoms with van der Waals surface area (Å²) in [4.78, 5) is 0. The summed E-state index contributed by atoms with van der Waals surface area (Å²) in [6, 6.07) is 0.191. The lowest BCUT2D eigenvalue weighted by atomic mass is 9.87. The smallest absolute Gasteiger partial charge is 0.157 e. The quantitative estimate of drug-likeness (QED) is 0.856. The number of rotatable bonds is 4. The van der Waals surface area contributed by atoms with Crippen molar-refractivity contribution in [2.45, 2.75) is 75.3 Å². The van der Waals surface area contributed by atoms with E-state index in [1.807, 2.05) is 0 Å². The third-order valence-corrected chi connectivity index (χ3v) is 7.47. The average molecular weight is 273 g/mol. The average Bonchev–Trinajstić information content (AvgIpc) is 2.86. The lowest BCUT2D eigenvalue weighted by Crippen LogP contribution is -2.50. The van der Waals surface area contributed by atoms with Crippen LogP contribution in [0.2, 0.25) is 0 Å². The third-order valence-electron chi connectivity index (χ3n) is 4.71. The zero-order valence-corrected chi connectivity index (χ0v) is 12.5. The van der Waals surface area contributed by atoms with Crippen molar-refractivity contribution in [3.63, 3.8) is 0 Å². The van der Waals surface area contributed by atoms with Gasteiger partial charge < -0.3 is 5.32 Å². The Morgan fingerprint density at radius 1 is 1.11 bits per heavy atom. The molecule has 2 fully saturated rings. The van der Waals surface area contributed by atoms with Crippen LogP contribution < -0.4 is 5.32 Å². The minimum absolute atomic E-state index is 0.0473. The second kappa shape index (κ2) is 5.91. The molecule has 4 heteroatoms. The fourth-order valence-electron chi connectivity index (χ4n) is 3.65. The third kappa shape index (κ3) is 2.90. The molecule has 0 amide bonds. The van der Waals surface area contributed by atoms with Crippen molar-refractivity contribution in [1.29, 1.82) is 0 Å². The van der Waals surface area contributed by atoms with E-state index < -0.39 is 9.84 Å². The number of sulfone groups is 1. The van der Waals surface area contributed by atoms with E-state index >= 15 is 0 Å². The second-order valence-electron chi connectivity index (χ2n) is 6.12. The van der Waals surface area contributed by atoms with Crippen LogP contribution in [0.1, 0.15) is 58.8 Å². The highest BCUT2D eigenvalue weighted by Crippen LogP contribution is 2.35. The molecule has 1 N–H and O–H groups in total. The van der Waals surface area contributed by atoms with Crippen LogP contribution >= 0.6 is 0 Å². The highest BCUT2D eigenvalue weighted by Gasteiger charge is 2.42. The van der Waals surface area contributed by atoms with Gasteiger partial charge in [0.05, 0.1) is 10.5 Å². The van der Waals surface area contributed by atoms with Crippen molar-refractivity contribution in [3.05, 3.63) is 0 Å². The van der Waals surface area contributed by atoms with Gasteiger partial charge in [0.25, 0.3) is 0 Å². The molecule has 0 bridgehead atoms. The van der Waals surface area contributed by atoms with E-state index in [0.29, 0.717) is 5.92 Å². The molecule has 3 nitrogen and oxygen atoms in total. The lowest BCUT2D eigenvalue weighted by molar-refractivity contribution is 0.310. The molecule has 18 heavy (non-hydrogen) atoms. The van der Waals surface area contributed by atoms with Gasteiger partial charge in [0.15, 0.2) is 9.84 Å². The predicted molar refractivity (Wildman–Crippen MR) is 75.4 cm³/mol. The summed E-state index contributed by atoms with van der Waals surface area (Å²) in [7, 11) is -2.93. The molecule has 0 heterocycles. The molecule has 0 aliphatic heterocycles. The zero-order chi connectivity index (χ0) is 13.2. The Hall–Kier alpha value is -0.0900. The van der Waals surface area contributed by atoms with Gasteiger partial charge in [-0.1, -0.05) is 26.7 Å². The minimum Gasteiger partial charge on any atom is -0.313 e. The normalized spacial score (nSPS) is 34.9. The van der Waals surface area contributed by atoms with E-state index in [-0.39, 0.29) is 16.5 Å². The first-order chi connectivity index (χ1) is 8.55. The predicted octanol–water partition coefficient (Wildman–Crippen LogP) is 2.51. The van der Waals surface area contributed by atoms with E-state index in [0.717, 1.165) is 51.5 Å². The van der Waals surface area contributed by atoms with E-state index in [4.69, 9.17) is 0 Å². The van der Waals surface area contributed by atoms with Gasteiger partial charge in [0.2, 0.25) is 0 Å². The summed E-state index contributed by atoms with van der Waals surface area (Å²) in [5.41, 5.74) is 0. The van der Waals surface area contributed by atoms with Gasteiger partial charge in [-0.15, -0.1) is 0 Å². The summed E-state index contributed by atoms with van der Waals surface area (Å²) in [6.45, 7) is 5.13. The fraction of sp³-hybridized carbons (Fsp3) is 1.00. The Labute approximate surface area is 112 Å². The zero-order valence-electron chi connectivity index (χ0n) is 11.7. The largest absolute Gasteiger partial charge is 0.313 e. The van der Waals surface area contributed by atoms with Gasteiger partial charge in [-0.3, -0.25) is 0 Å². The van der Waals surface area contributed by atoms with Crippen LogP contribution in [0.5, 0.6) is 0 Å². The van der Waals surface area contributed by atoms with E-state index in [2.05, 4.69) is 19.2 Å². The maximum atomic E-state index is 12.8. The molecule has 2 saturated carbocycles. The molecule has 106 valence electrons. The Balaban J connectivity index is 2.15. The van der Waals surface area contributed by atoms with Crippen LogP contribution in [-0.2, 0) is 9.84 Å². The molecular weight excluding hydrogens is 246 g/mol. The van der Waals surface area contributed by atoms with Crippen LogP contribution in [-0.4, -0.2) is 31.5 Å². The molecule has 0 saturated heterocycles. The molecule has 0 aromatic heterocycles. The topological polar surface area (TPSA) is 46.2 Å². The molecule has 0 aromatic carbocycles. The highest BCUT2D eigenvalue weighted by atomic mass is 32.2. The van der Waals surface area contributed by atoms with Crippen LogP contribution in [0, 0.1) is 5.92 Å². The summed E-state index contributed by atoms with van der Waals surface area (Å²) < 4.78 is 25.6. The molecule has 3 unspecified atom stereocenters. The second-order valence-corrected chi connectivity index (χ2v) is 8.57. The Morgan fingerprint density at radius 3 is 2.39 bits per heavy atom. The van der Waals surface area contributed by atoms with Gasteiger partial charge in [0, 0.05) is 6.04 Å². The van der Waals surface area contributed by atoms with Crippen molar-refractivity contribution in [2.24, 2.45) is 5.92 Å². The van der Waals surface area contributed by atoms with Gasteiger partial charge in [-0.2, -0.15) is 0 Å². The van der Waals surface area contributed by atoms with Crippen molar-refractivity contribution < 1.29 is 8.42 Å². The first-order valence-electron chi connectivity index (χ1n) is 7.51. The number of hydrogen-bond acceptors (Lipinski definition) is 3. The van der Waals surface area contributed by atoms with Crippen LogP contribution in [0.25, 0.3) is 0 Å². The van der Waals surface area contributed by atoms with Crippen molar-refractivity contribution in [2.75, 3.05) is 6.54 Å². The van der Waals surface area contributed by atoms with Crippen molar-refractivity contribution in [3.8, 4) is 0 Å². The van der Waals surface area contributed by atoms with Gasteiger partial charge in [-0.25, -0.2) is 8.42 Å². The molecular formula is C14H27NO2S. The summed E-state index contributed by atoms with van der Waals surface area (Å²) in [5.74, 6) is 0.557. The van der Waals surface area contributed by atoms with Crippen molar-refractivity contribution in [1.82, 2.24) is 5.32 Å². The summed E-state index contributed by atoms with van der Waals surface area (Å²) in [5, 5.41) is 3.22. The number of nitrogens with one attached hydrogen (secondary N) is 1. The molecule has 2 aliphatic rings. The lowest BCUT2D eigenvalue weighted by Gasteiger charge is -2.36. The van der Waals surface area contributed by atoms with Gasteiger partial charge in [0.1, 0.15) is 0 Å². The Morgan fingerprint density at radius 2 is 1.78 bits per heavy atom. The fourth-order valence-corrected chi connectivity index (χ4v) is 6.42. The maximum absolute atomic E-state index is 12.8. The SMILES string of the molecule is CCNC1CCC(C)CC1S(=O)(=O)C1CCCC1. The van der Waals surface area contributed by atoms with Crippen LogP contribution in [0.15, 0.2) is 0 Å². The number of hydrogen-bond donors (Lipinski definition) is 1. The minimum atomic E-state index is -2.93. The molecule has 3 atom stereocenters. The van der Waals surface area contributed by atoms with Crippen LogP contribution in [0.3, 0.4) is 0 Å². The molecule has 0 aromatic rings. The summed E-state index contributed by atoms with van der Waals surface area (Å²) >= 11 is 0. The molecule has 0 radical (unpaired) electrons. The first kappa shape index (κ1) is 14.3. The highest BCUT2D eigenvalue weighted by molar-refractivity contribution is 7.92. The Bertz CT molecular complexity index is 360. The molecule has 2 rings (SSSR count). The standard InChI is InChI=1S/C14H27NO2S/c1-3-15-13-9-8-11(2)10-14(13)18(16,17)12-6-4-5-7-12/h11-15H,3-10H2,1-2H3. The monoisotopic (exact) mass is 273 g/mol. The summed E-state index contributed by atoms with van der Waals surface area (Å²) in [6.07, 6.45) is 7.02. The molecule has 0 spiro atoms. The van der Waals surface area contributed by atoms with Crippen molar-refractivity contribution >= 4 is 9.84 Å².